The van der Waals surface area contributed by atoms with Gasteiger partial charge in [0.1, 0.15) is 17.7 Å². The number of likely N-dealkylation sites (tertiary alicyclic amines) is 1. The van der Waals surface area contributed by atoms with Gasteiger partial charge in [-0.15, -0.1) is 13.2 Å². The molecule has 45 heavy (non-hydrogen) atoms. The molecule has 2 N–H and O–H groups in total. The van der Waals surface area contributed by atoms with E-state index in [1.807, 2.05) is 44.2 Å². The zero-order chi connectivity index (χ0) is 32.7. The van der Waals surface area contributed by atoms with Crippen LogP contribution in [0.25, 0.3) is 0 Å². The summed E-state index contributed by atoms with van der Waals surface area (Å²) in [6.45, 7) is 11.9. The molecule has 3 heterocycles. The molecule has 4 rings (SSSR count). The largest absolute Gasteiger partial charge is 0.455 e. The van der Waals surface area contributed by atoms with Crippen LogP contribution in [0.3, 0.4) is 0 Å². The van der Waals surface area contributed by atoms with Crippen LogP contribution in [0.1, 0.15) is 64.0 Å². The van der Waals surface area contributed by atoms with Gasteiger partial charge in [0.2, 0.25) is 17.7 Å². The number of rotatable bonds is 17. The summed E-state index contributed by atoms with van der Waals surface area (Å²) in [6.07, 6.45) is 5.03. The van der Waals surface area contributed by atoms with Crippen LogP contribution in [-0.4, -0.2) is 93.5 Å². The molecular weight excluding hydrogens is 642 g/mol. The van der Waals surface area contributed by atoms with Gasteiger partial charge in [-0.3, -0.25) is 19.2 Å². The average Bonchev–Trinajstić information content (AvgIpc) is 3.64. The summed E-state index contributed by atoms with van der Waals surface area (Å²) in [5.41, 5.74) is -0.578. The first-order valence-electron chi connectivity index (χ1n) is 16.0. The molecule has 3 aliphatic rings. The van der Waals surface area contributed by atoms with Crippen LogP contribution in [0.2, 0.25) is 0 Å². The second-order valence-electron chi connectivity index (χ2n) is 12.0. The Kier molecular flexibility index (Phi) is 12.0. The lowest BCUT2D eigenvalue weighted by Crippen LogP contribution is -2.59. The number of hydrogen-bond acceptors (Lipinski definition) is 7. The van der Waals surface area contributed by atoms with Crippen molar-refractivity contribution in [3.05, 3.63) is 61.2 Å². The minimum Gasteiger partial charge on any atom is -0.455 e. The number of aliphatic hydroxyl groups is 1. The summed E-state index contributed by atoms with van der Waals surface area (Å²) in [6, 6.07) is 7.48. The van der Waals surface area contributed by atoms with E-state index < -0.39 is 47.7 Å². The lowest BCUT2D eigenvalue weighted by molar-refractivity contribution is -0.161. The molecule has 3 amide bonds. The highest BCUT2D eigenvalue weighted by atomic mass is 79.9. The van der Waals surface area contributed by atoms with Crippen molar-refractivity contribution in [1.29, 1.82) is 0 Å². The predicted octanol–water partition coefficient (Wildman–Crippen LogP) is 3.69. The Morgan fingerprint density at radius 2 is 1.98 bits per heavy atom. The summed E-state index contributed by atoms with van der Waals surface area (Å²) >= 11 is 3.70. The lowest BCUT2D eigenvalue weighted by Gasteiger charge is -2.39. The quantitative estimate of drug-likeness (QED) is 0.145. The molecule has 11 heteroatoms. The van der Waals surface area contributed by atoms with Gasteiger partial charge in [-0.05, 0) is 31.2 Å². The Balaban J connectivity index is 1.68. The summed E-state index contributed by atoms with van der Waals surface area (Å²) in [4.78, 5) is 58.2. The number of aliphatic hydroxyl groups excluding tert-OH is 1. The van der Waals surface area contributed by atoms with Gasteiger partial charge in [0, 0.05) is 24.3 Å². The van der Waals surface area contributed by atoms with Gasteiger partial charge in [0.05, 0.1) is 37.1 Å². The van der Waals surface area contributed by atoms with Gasteiger partial charge < -0.3 is 29.7 Å². The van der Waals surface area contributed by atoms with Crippen molar-refractivity contribution < 1.29 is 33.8 Å². The maximum atomic E-state index is 14.4. The van der Waals surface area contributed by atoms with E-state index >= 15 is 0 Å². The number of hydrogen-bond donors (Lipinski definition) is 2. The van der Waals surface area contributed by atoms with E-state index in [1.165, 1.54) is 4.90 Å². The number of unbranched alkanes of at least 4 members (excludes halogenated alkanes) is 1. The molecule has 0 aromatic heterocycles. The van der Waals surface area contributed by atoms with E-state index in [2.05, 4.69) is 34.4 Å². The number of alkyl halides is 1. The maximum Gasteiger partial charge on any atom is 0.313 e. The van der Waals surface area contributed by atoms with Gasteiger partial charge in [0.25, 0.3) is 0 Å². The van der Waals surface area contributed by atoms with Gasteiger partial charge >= 0.3 is 5.97 Å². The molecule has 0 saturated carbocycles. The van der Waals surface area contributed by atoms with E-state index in [0.29, 0.717) is 37.9 Å². The Hall–Kier alpha value is -3.02. The fraction of sp³-hybridized carbons (Fsp3) is 0.588. The second kappa shape index (κ2) is 15.5. The van der Waals surface area contributed by atoms with E-state index in [0.717, 1.165) is 12.8 Å². The Morgan fingerprint density at radius 1 is 1.24 bits per heavy atom. The number of ether oxygens (including phenoxy) is 2. The molecule has 1 spiro atoms. The van der Waals surface area contributed by atoms with Gasteiger partial charge in [-0.1, -0.05) is 78.7 Å². The van der Waals surface area contributed by atoms with Crippen molar-refractivity contribution in [2.45, 2.75) is 87.1 Å². The second-order valence-corrected chi connectivity index (χ2v) is 13.2. The number of benzene rings is 1. The number of allylic oxidation sites excluding steroid dienone is 1. The van der Waals surface area contributed by atoms with Crippen molar-refractivity contribution >= 4 is 39.6 Å². The number of nitrogens with one attached hydrogen (secondary N) is 1. The first kappa shape index (κ1) is 34.8. The number of carbonyl (C=O) groups is 4. The zero-order valence-corrected chi connectivity index (χ0v) is 27.8. The van der Waals surface area contributed by atoms with Crippen LogP contribution in [0.15, 0.2) is 55.6 Å². The Labute approximate surface area is 274 Å². The average molecular weight is 689 g/mol. The summed E-state index contributed by atoms with van der Waals surface area (Å²) in [5, 5.41) is 13.2. The van der Waals surface area contributed by atoms with Crippen molar-refractivity contribution in [2.75, 3.05) is 26.2 Å². The van der Waals surface area contributed by atoms with Crippen molar-refractivity contribution in [1.82, 2.24) is 15.1 Å². The fourth-order valence-corrected chi connectivity index (χ4v) is 7.98. The predicted molar refractivity (Wildman–Crippen MR) is 173 cm³/mol. The molecule has 2 bridgehead atoms. The molecule has 3 aliphatic heterocycles. The van der Waals surface area contributed by atoms with Crippen molar-refractivity contribution in [2.24, 2.45) is 11.8 Å². The highest BCUT2D eigenvalue weighted by Gasteiger charge is 2.77. The molecule has 1 unspecified atom stereocenters. The molecule has 0 aliphatic carbocycles. The smallest absolute Gasteiger partial charge is 0.313 e. The fourth-order valence-electron chi connectivity index (χ4n) is 7.03. The topological polar surface area (TPSA) is 125 Å². The van der Waals surface area contributed by atoms with Crippen LogP contribution >= 0.6 is 15.9 Å². The number of nitrogens with zero attached hydrogens (tertiary/aromatic N) is 2. The van der Waals surface area contributed by atoms with Crippen LogP contribution in [-0.2, 0) is 28.7 Å². The number of fused-ring (bicyclic) bond motifs is 1. The Bertz CT molecular complexity index is 1240. The normalized spacial score (nSPS) is 27.9. The van der Waals surface area contributed by atoms with E-state index in [9.17, 15) is 24.3 Å². The molecule has 0 radical (unpaired) electrons. The number of carbonyl (C=O) groups excluding carboxylic acids is 4. The van der Waals surface area contributed by atoms with Crippen molar-refractivity contribution in [3.8, 4) is 0 Å². The molecular formula is C34H46BrN3O7. The zero-order valence-electron chi connectivity index (χ0n) is 26.2. The van der Waals surface area contributed by atoms with Crippen LogP contribution in [0, 0.1) is 11.8 Å². The van der Waals surface area contributed by atoms with Gasteiger partial charge in [-0.25, -0.2) is 0 Å². The van der Waals surface area contributed by atoms with E-state index in [4.69, 9.17) is 9.47 Å². The SMILES string of the molecule is C=CCCC(=O)NC[C@@H](OC(=O)[C@@H]1[C@H]2O[C@@]3(CC2Br)[C@H](C(=O)N(CC=C)CCCC)N([C@@H](CC)CO)C(=O)[C@@H]13)c1ccccc1. The lowest BCUT2D eigenvalue weighted by atomic mass is 9.70. The molecule has 3 saturated heterocycles. The molecule has 10 nitrogen and oxygen atoms in total. The van der Waals surface area contributed by atoms with Crippen LogP contribution in [0.5, 0.6) is 0 Å². The molecule has 246 valence electrons. The standard InChI is InChI=1S/C34H46BrN3O7/c1-5-9-16-26(40)36-20-25(22-14-12-11-13-15-22)44-33(43)27-28-31(41)38(23(8-4)21-39)30(34(28)19-24(35)29(27)45-34)32(42)37(17-7-3)18-10-6-2/h5,7,11-15,23-25,27-30,39H,1,3,6,8-10,16-21H2,2,4H3,(H,36,40)/t23-,24?,25+,27-,28+,29-,30-,34+/m0/s1. The number of esters is 1. The minimum absolute atomic E-state index is 0.0507. The van der Waals surface area contributed by atoms with Crippen molar-refractivity contribution in [3.63, 3.8) is 0 Å². The first-order valence-corrected chi connectivity index (χ1v) is 16.9. The van der Waals surface area contributed by atoms with Gasteiger partial charge in [-0.2, -0.15) is 0 Å². The van der Waals surface area contributed by atoms with Crippen LogP contribution < -0.4 is 5.32 Å². The third-order valence-corrected chi connectivity index (χ3v) is 10.1. The first-order chi connectivity index (χ1) is 21.7. The summed E-state index contributed by atoms with van der Waals surface area (Å²) in [7, 11) is 0. The molecule has 3 fully saturated rings. The summed E-state index contributed by atoms with van der Waals surface area (Å²) < 4.78 is 12.7. The maximum absolute atomic E-state index is 14.4. The van der Waals surface area contributed by atoms with Gasteiger partial charge in [0.15, 0.2) is 0 Å². The monoisotopic (exact) mass is 687 g/mol. The van der Waals surface area contributed by atoms with E-state index in [1.54, 1.807) is 17.1 Å². The van der Waals surface area contributed by atoms with E-state index in [-0.39, 0.29) is 42.1 Å². The summed E-state index contributed by atoms with van der Waals surface area (Å²) in [5.74, 6) is -3.44. The molecule has 1 aromatic rings. The molecule has 1 aromatic carbocycles. The number of amides is 3. The molecule has 8 atom stereocenters. The Morgan fingerprint density at radius 3 is 2.60 bits per heavy atom. The van der Waals surface area contributed by atoms with Crippen LogP contribution in [0.4, 0.5) is 0 Å². The number of halogens is 1. The minimum atomic E-state index is -1.27. The third kappa shape index (κ3) is 6.90. The third-order valence-electron chi connectivity index (χ3n) is 9.24. The highest BCUT2D eigenvalue weighted by Crippen LogP contribution is 2.61. The highest BCUT2D eigenvalue weighted by molar-refractivity contribution is 9.09.